The van der Waals surface area contributed by atoms with Crippen LogP contribution in [0.2, 0.25) is 0 Å². The number of nitrogens with zero attached hydrogens (tertiary/aromatic N) is 2. The maximum atomic E-state index is 13.4. The van der Waals surface area contributed by atoms with Crippen LogP contribution in [0.3, 0.4) is 0 Å². The van der Waals surface area contributed by atoms with E-state index in [1.807, 2.05) is 22.7 Å². The predicted octanol–water partition coefficient (Wildman–Crippen LogP) is 3.60. The number of imidazole rings is 1. The topological polar surface area (TPSA) is 55.6 Å². The fourth-order valence-corrected chi connectivity index (χ4v) is 6.30. The molecule has 4 aliphatic carbocycles. The molecule has 0 atom stereocenters. The minimum Gasteiger partial charge on any atom is -0.493 e. The number of hydrogen-bond acceptors (Lipinski definition) is 3. The third kappa shape index (κ3) is 2.36. The minimum absolute atomic E-state index is 0.0138. The molecular formula is C21H27N3O2. The van der Waals surface area contributed by atoms with Crippen LogP contribution in [0.5, 0.6) is 5.75 Å². The van der Waals surface area contributed by atoms with Crippen LogP contribution in [0, 0.1) is 17.8 Å². The second kappa shape index (κ2) is 5.73. The van der Waals surface area contributed by atoms with E-state index in [-0.39, 0.29) is 11.4 Å². The third-order valence-electron chi connectivity index (χ3n) is 6.87. The Morgan fingerprint density at radius 2 is 1.92 bits per heavy atom. The van der Waals surface area contributed by atoms with Crippen LogP contribution in [0.1, 0.15) is 61.6 Å². The first-order chi connectivity index (χ1) is 12.6. The van der Waals surface area contributed by atoms with Gasteiger partial charge in [0.2, 0.25) is 0 Å². The lowest BCUT2D eigenvalue weighted by Crippen LogP contribution is -2.60. The molecule has 26 heavy (non-hydrogen) atoms. The molecule has 5 heteroatoms. The summed E-state index contributed by atoms with van der Waals surface area (Å²) in [7, 11) is 1.64. The highest BCUT2D eigenvalue weighted by Crippen LogP contribution is 2.55. The summed E-state index contributed by atoms with van der Waals surface area (Å²) in [6.45, 7) is 2.05. The Balaban J connectivity index is 1.51. The molecule has 4 fully saturated rings. The van der Waals surface area contributed by atoms with E-state index in [1.54, 1.807) is 7.11 Å². The number of nitrogens with one attached hydrogen (secondary N) is 1. The summed E-state index contributed by atoms with van der Waals surface area (Å²) in [5.74, 6) is 3.18. The molecule has 0 saturated heterocycles. The van der Waals surface area contributed by atoms with Crippen molar-refractivity contribution in [2.24, 2.45) is 17.8 Å². The first kappa shape index (κ1) is 16.2. The van der Waals surface area contributed by atoms with Crippen LogP contribution in [0.25, 0.3) is 5.65 Å². The summed E-state index contributed by atoms with van der Waals surface area (Å²) in [6.07, 6.45) is 10.3. The Labute approximate surface area is 154 Å². The van der Waals surface area contributed by atoms with Crippen molar-refractivity contribution in [1.29, 1.82) is 0 Å². The van der Waals surface area contributed by atoms with Crippen LogP contribution in [0.15, 0.2) is 18.3 Å². The maximum Gasteiger partial charge on any atom is 0.270 e. The molecule has 4 bridgehead atoms. The Morgan fingerprint density at radius 1 is 1.27 bits per heavy atom. The van der Waals surface area contributed by atoms with Crippen molar-refractivity contribution in [3.63, 3.8) is 0 Å². The molecule has 0 unspecified atom stereocenters. The van der Waals surface area contributed by atoms with Gasteiger partial charge >= 0.3 is 0 Å². The molecule has 2 aromatic rings. The van der Waals surface area contributed by atoms with Crippen molar-refractivity contribution in [3.05, 3.63) is 29.7 Å². The third-order valence-corrected chi connectivity index (χ3v) is 6.87. The van der Waals surface area contributed by atoms with Crippen molar-refractivity contribution in [2.75, 3.05) is 7.11 Å². The predicted molar refractivity (Wildman–Crippen MR) is 99.5 cm³/mol. The van der Waals surface area contributed by atoms with Gasteiger partial charge in [0.1, 0.15) is 5.69 Å². The molecule has 2 heterocycles. The van der Waals surface area contributed by atoms with E-state index in [2.05, 4.69) is 12.2 Å². The Kier molecular flexibility index (Phi) is 3.56. The smallest absolute Gasteiger partial charge is 0.270 e. The van der Waals surface area contributed by atoms with Crippen molar-refractivity contribution in [1.82, 2.24) is 14.7 Å². The van der Waals surface area contributed by atoms with Gasteiger partial charge in [0.15, 0.2) is 11.4 Å². The monoisotopic (exact) mass is 353 g/mol. The maximum absolute atomic E-state index is 13.4. The Hall–Kier alpha value is -2.04. The number of hydrogen-bond donors (Lipinski definition) is 1. The first-order valence-electron chi connectivity index (χ1n) is 9.97. The molecule has 0 aliphatic heterocycles. The normalized spacial score (nSPS) is 32.2. The highest BCUT2D eigenvalue weighted by molar-refractivity contribution is 5.95. The van der Waals surface area contributed by atoms with Gasteiger partial charge in [-0.1, -0.05) is 6.92 Å². The molecule has 1 amide bonds. The van der Waals surface area contributed by atoms with Gasteiger partial charge in [-0.25, -0.2) is 4.98 Å². The number of carbonyl (C=O) groups excluding carboxylic acids is 1. The molecule has 1 N–H and O–H groups in total. The molecule has 138 valence electrons. The van der Waals surface area contributed by atoms with Crippen molar-refractivity contribution in [3.8, 4) is 5.75 Å². The zero-order valence-electron chi connectivity index (χ0n) is 15.6. The second-order valence-corrected chi connectivity index (χ2v) is 8.68. The molecule has 0 spiro atoms. The van der Waals surface area contributed by atoms with Crippen LogP contribution in [-0.2, 0) is 6.42 Å². The number of methoxy groups -OCH3 is 1. The van der Waals surface area contributed by atoms with E-state index < -0.39 is 0 Å². The largest absolute Gasteiger partial charge is 0.493 e. The lowest BCUT2D eigenvalue weighted by Gasteiger charge is -2.56. The summed E-state index contributed by atoms with van der Waals surface area (Å²) in [6, 6.07) is 3.80. The molecule has 6 rings (SSSR count). The standard InChI is InChI=1S/C21H27N3O2/c1-3-16-18(24-6-4-5-17(26-2)19(24)22-16)20(25)23-21-10-13-7-14(11-21)9-15(8-13)12-21/h4-6,13-15H,3,7-12H2,1-2H3,(H,23,25). The molecular weight excluding hydrogens is 326 g/mol. The van der Waals surface area contributed by atoms with Crippen LogP contribution >= 0.6 is 0 Å². The number of amides is 1. The van der Waals surface area contributed by atoms with Crippen molar-refractivity contribution < 1.29 is 9.53 Å². The number of aryl methyl sites for hydroxylation is 1. The van der Waals surface area contributed by atoms with Crippen LogP contribution in [0.4, 0.5) is 0 Å². The number of fused-ring (bicyclic) bond motifs is 1. The fraction of sp³-hybridized carbons (Fsp3) is 0.619. The van der Waals surface area contributed by atoms with Crippen LogP contribution < -0.4 is 10.1 Å². The number of ether oxygens (including phenoxy) is 1. The molecule has 2 aromatic heterocycles. The fourth-order valence-electron chi connectivity index (χ4n) is 6.30. The van der Waals surface area contributed by atoms with Gasteiger partial charge < -0.3 is 10.1 Å². The Bertz CT molecular complexity index is 834. The zero-order valence-corrected chi connectivity index (χ0v) is 15.6. The quantitative estimate of drug-likeness (QED) is 0.914. The van der Waals surface area contributed by atoms with Crippen molar-refractivity contribution >= 4 is 11.6 Å². The van der Waals surface area contributed by atoms with E-state index in [0.29, 0.717) is 11.4 Å². The number of pyridine rings is 1. The zero-order chi connectivity index (χ0) is 17.9. The summed E-state index contributed by atoms with van der Waals surface area (Å²) in [5.41, 5.74) is 2.26. The van der Waals surface area contributed by atoms with E-state index in [1.165, 1.54) is 19.3 Å². The molecule has 0 radical (unpaired) electrons. The van der Waals surface area contributed by atoms with Gasteiger partial charge in [-0.2, -0.15) is 0 Å². The lowest BCUT2D eigenvalue weighted by molar-refractivity contribution is -0.0168. The van der Waals surface area contributed by atoms with E-state index in [4.69, 9.17) is 9.72 Å². The lowest BCUT2D eigenvalue weighted by atomic mass is 9.53. The van der Waals surface area contributed by atoms with Gasteiger partial charge in [-0.3, -0.25) is 9.20 Å². The molecule has 4 saturated carbocycles. The van der Waals surface area contributed by atoms with Gasteiger partial charge in [-0.05, 0) is 74.8 Å². The van der Waals surface area contributed by atoms with Crippen LogP contribution in [-0.4, -0.2) is 27.9 Å². The van der Waals surface area contributed by atoms with E-state index >= 15 is 0 Å². The minimum atomic E-state index is 0.0138. The first-order valence-corrected chi connectivity index (χ1v) is 9.97. The molecule has 0 aromatic carbocycles. The van der Waals surface area contributed by atoms with Gasteiger partial charge in [0, 0.05) is 11.7 Å². The molecule has 5 nitrogen and oxygen atoms in total. The highest BCUT2D eigenvalue weighted by atomic mass is 16.5. The SMILES string of the molecule is CCc1nc2c(OC)cccn2c1C(=O)NC12CC3CC(CC(C3)C1)C2. The molecule has 4 aliphatic rings. The van der Waals surface area contributed by atoms with Gasteiger partial charge in [0.25, 0.3) is 5.91 Å². The van der Waals surface area contributed by atoms with E-state index in [9.17, 15) is 4.79 Å². The average molecular weight is 353 g/mol. The van der Waals surface area contributed by atoms with E-state index in [0.717, 1.165) is 54.8 Å². The summed E-state index contributed by atoms with van der Waals surface area (Å²) < 4.78 is 7.34. The number of carbonyl (C=O) groups is 1. The Morgan fingerprint density at radius 3 is 2.50 bits per heavy atom. The summed E-state index contributed by atoms with van der Waals surface area (Å²) in [5, 5.41) is 3.49. The highest BCUT2D eigenvalue weighted by Gasteiger charge is 2.51. The second-order valence-electron chi connectivity index (χ2n) is 8.68. The van der Waals surface area contributed by atoms with Crippen molar-refractivity contribution in [2.45, 2.75) is 57.4 Å². The number of aromatic nitrogens is 2. The van der Waals surface area contributed by atoms with Gasteiger partial charge in [0.05, 0.1) is 12.8 Å². The number of rotatable bonds is 4. The van der Waals surface area contributed by atoms with Gasteiger partial charge in [-0.15, -0.1) is 0 Å². The summed E-state index contributed by atoms with van der Waals surface area (Å²) in [4.78, 5) is 18.1. The summed E-state index contributed by atoms with van der Waals surface area (Å²) >= 11 is 0. The average Bonchev–Trinajstić information content (AvgIpc) is 2.98.